The van der Waals surface area contributed by atoms with Gasteiger partial charge in [0.25, 0.3) is 0 Å². The Morgan fingerprint density at radius 2 is 2.00 bits per heavy atom. The predicted molar refractivity (Wildman–Crippen MR) is 80.8 cm³/mol. The van der Waals surface area contributed by atoms with E-state index in [9.17, 15) is 4.79 Å². The van der Waals surface area contributed by atoms with Crippen molar-refractivity contribution in [2.75, 3.05) is 6.54 Å². The van der Waals surface area contributed by atoms with Crippen LogP contribution >= 0.6 is 0 Å². The molecule has 0 spiro atoms. The van der Waals surface area contributed by atoms with Crippen LogP contribution in [0.4, 0.5) is 0 Å². The van der Waals surface area contributed by atoms with Crippen LogP contribution in [0.5, 0.6) is 0 Å². The molecule has 3 heteroatoms. The fraction of sp³-hybridized carbons (Fsp3) is 0.938. The third-order valence-corrected chi connectivity index (χ3v) is 4.95. The van der Waals surface area contributed by atoms with Crippen LogP contribution in [-0.2, 0) is 4.79 Å². The molecule has 3 unspecified atom stereocenters. The van der Waals surface area contributed by atoms with E-state index < -0.39 is 0 Å². The number of nitrogens with two attached hydrogens (primary N) is 1. The zero-order chi connectivity index (χ0) is 14.5. The first-order chi connectivity index (χ1) is 8.89. The Morgan fingerprint density at radius 3 is 2.53 bits per heavy atom. The van der Waals surface area contributed by atoms with E-state index in [-0.39, 0.29) is 11.3 Å². The molecule has 1 amide bonds. The van der Waals surface area contributed by atoms with Crippen molar-refractivity contribution < 1.29 is 4.79 Å². The van der Waals surface area contributed by atoms with Gasteiger partial charge in [-0.15, -0.1) is 0 Å². The highest BCUT2D eigenvalue weighted by Crippen LogP contribution is 2.34. The van der Waals surface area contributed by atoms with E-state index in [2.05, 4.69) is 33.0 Å². The van der Waals surface area contributed by atoms with Gasteiger partial charge in [0, 0.05) is 12.5 Å². The van der Waals surface area contributed by atoms with Crippen LogP contribution in [0.15, 0.2) is 0 Å². The highest BCUT2D eigenvalue weighted by atomic mass is 16.1. The lowest BCUT2D eigenvalue weighted by atomic mass is 9.84. The summed E-state index contributed by atoms with van der Waals surface area (Å²) in [4.78, 5) is 12.0. The van der Waals surface area contributed by atoms with Crippen molar-refractivity contribution in [2.24, 2.45) is 23.0 Å². The fourth-order valence-electron chi connectivity index (χ4n) is 3.27. The Hall–Kier alpha value is -0.570. The molecule has 3 atom stereocenters. The Bertz CT molecular complexity index is 288. The van der Waals surface area contributed by atoms with Crippen LogP contribution in [0.3, 0.4) is 0 Å². The third-order valence-electron chi connectivity index (χ3n) is 4.95. The summed E-state index contributed by atoms with van der Waals surface area (Å²) in [5, 5.41) is 3.24. The lowest BCUT2D eigenvalue weighted by Gasteiger charge is -2.25. The minimum absolute atomic E-state index is 0.180. The van der Waals surface area contributed by atoms with Crippen molar-refractivity contribution in [3.63, 3.8) is 0 Å². The molecule has 112 valence electrons. The minimum atomic E-state index is 0.180. The van der Waals surface area contributed by atoms with Gasteiger partial charge in [-0.05, 0) is 49.5 Å². The van der Waals surface area contributed by atoms with Gasteiger partial charge in [0.15, 0.2) is 0 Å². The highest BCUT2D eigenvalue weighted by molar-refractivity contribution is 5.76. The normalized spacial score (nSPS) is 27.5. The second-order valence-electron chi connectivity index (χ2n) is 6.98. The molecule has 1 saturated carbocycles. The highest BCUT2D eigenvalue weighted by Gasteiger charge is 2.32. The minimum Gasteiger partial charge on any atom is -0.353 e. The van der Waals surface area contributed by atoms with Crippen LogP contribution in [0, 0.1) is 17.3 Å². The lowest BCUT2D eigenvalue weighted by molar-refractivity contribution is -0.122. The van der Waals surface area contributed by atoms with Gasteiger partial charge in [-0.2, -0.15) is 0 Å². The van der Waals surface area contributed by atoms with Crippen LogP contribution < -0.4 is 11.1 Å². The summed E-state index contributed by atoms with van der Waals surface area (Å²) in [6.45, 7) is 9.62. The Kier molecular flexibility index (Phi) is 6.31. The lowest BCUT2D eigenvalue weighted by Crippen LogP contribution is -2.38. The SMILES string of the molecule is CCC1CCC(NC(=O)CCC(C)(C)CCN)C1C. The van der Waals surface area contributed by atoms with E-state index in [1.54, 1.807) is 0 Å². The maximum absolute atomic E-state index is 12.0. The summed E-state index contributed by atoms with van der Waals surface area (Å²) < 4.78 is 0. The van der Waals surface area contributed by atoms with Crippen molar-refractivity contribution in [3.8, 4) is 0 Å². The summed E-state index contributed by atoms with van der Waals surface area (Å²) in [5.74, 6) is 1.64. The van der Waals surface area contributed by atoms with Crippen molar-refractivity contribution in [1.29, 1.82) is 0 Å². The van der Waals surface area contributed by atoms with Crippen molar-refractivity contribution >= 4 is 5.91 Å². The van der Waals surface area contributed by atoms with Gasteiger partial charge in [-0.25, -0.2) is 0 Å². The molecule has 0 aromatic rings. The van der Waals surface area contributed by atoms with Gasteiger partial charge in [0.05, 0.1) is 0 Å². The second kappa shape index (κ2) is 7.28. The summed E-state index contributed by atoms with van der Waals surface area (Å²) >= 11 is 0. The predicted octanol–water partition coefficient (Wildman–Crippen LogP) is 3.08. The molecule has 1 aliphatic carbocycles. The first-order valence-electron chi connectivity index (χ1n) is 7.89. The molecule has 0 radical (unpaired) electrons. The molecule has 0 aromatic heterocycles. The first kappa shape index (κ1) is 16.5. The maximum atomic E-state index is 12.0. The van der Waals surface area contributed by atoms with Crippen LogP contribution in [0.1, 0.15) is 66.2 Å². The second-order valence-corrected chi connectivity index (χ2v) is 6.98. The zero-order valence-corrected chi connectivity index (χ0v) is 13.2. The van der Waals surface area contributed by atoms with E-state index in [0.29, 0.717) is 24.9 Å². The van der Waals surface area contributed by atoms with Gasteiger partial charge in [-0.1, -0.05) is 34.1 Å². The van der Waals surface area contributed by atoms with Gasteiger partial charge < -0.3 is 11.1 Å². The van der Waals surface area contributed by atoms with Crippen molar-refractivity contribution in [3.05, 3.63) is 0 Å². The largest absolute Gasteiger partial charge is 0.353 e. The number of nitrogens with one attached hydrogen (secondary N) is 1. The van der Waals surface area contributed by atoms with E-state index in [0.717, 1.165) is 25.2 Å². The Morgan fingerprint density at radius 1 is 1.32 bits per heavy atom. The molecular weight excluding hydrogens is 236 g/mol. The first-order valence-corrected chi connectivity index (χ1v) is 7.89. The van der Waals surface area contributed by atoms with Crippen molar-refractivity contribution in [2.45, 2.75) is 72.3 Å². The van der Waals surface area contributed by atoms with Gasteiger partial charge in [0.2, 0.25) is 5.91 Å². The quantitative estimate of drug-likeness (QED) is 0.745. The smallest absolute Gasteiger partial charge is 0.220 e. The number of amides is 1. The van der Waals surface area contributed by atoms with Gasteiger partial charge >= 0.3 is 0 Å². The molecule has 1 aliphatic rings. The van der Waals surface area contributed by atoms with Gasteiger partial charge in [-0.3, -0.25) is 4.79 Å². The summed E-state index contributed by atoms with van der Waals surface area (Å²) in [5.41, 5.74) is 5.78. The molecule has 3 nitrogen and oxygen atoms in total. The number of carbonyl (C=O) groups excluding carboxylic acids is 1. The standard InChI is InChI=1S/C16H32N2O/c1-5-13-6-7-14(12(13)2)18-15(19)8-9-16(3,4)10-11-17/h12-14H,5-11,17H2,1-4H3,(H,18,19). The summed E-state index contributed by atoms with van der Waals surface area (Å²) in [6.07, 6.45) is 6.19. The molecule has 3 N–H and O–H groups in total. The zero-order valence-electron chi connectivity index (χ0n) is 13.2. The number of hydrogen-bond acceptors (Lipinski definition) is 2. The number of hydrogen-bond donors (Lipinski definition) is 2. The number of carbonyl (C=O) groups is 1. The summed E-state index contributed by atoms with van der Waals surface area (Å²) in [6, 6.07) is 0.398. The van der Waals surface area contributed by atoms with E-state index in [1.165, 1.54) is 12.8 Å². The topological polar surface area (TPSA) is 55.1 Å². The van der Waals surface area contributed by atoms with Gasteiger partial charge in [0.1, 0.15) is 0 Å². The molecular formula is C16H32N2O. The monoisotopic (exact) mass is 268 g/mol. The van der Waals surface area contributed by atoms with E-state index >= 15 is 0 Å². The average Bonchev–Trinajstić information content (AvgIpc) is 2.68. The molecule has 0 bridgehead atoms. The molecule has 1 rings (SSSR count). The van der Waals surface area contributed by atoms with Crippen molar-refractivity contribution in [1.82, 2.24) is 5.32 Å². The van der Waals surface area contributed by atoms with E-state index in [1.807, 2.05) is 0 Å². The molecule has 19 heavy (non-hydrogen) atoms. The van der Waals surface area contributed by atoms with E-state index in [4.69, 9.17) is 5.73 Å². The average molecular weight is 268 g/mol. The molecule has 0 saturated heterocycles. The van der Waals surface area contributed by atoms with Crippen LogP contribution in [-0.4, -0.2) is 18.5 Å². The number of rotatable bonds is 7. The van der Waals surface area contributed by atoms with Crippen LogP contribution in [0.2, 0.25) is 0 Å². The summed E-state index contributed by atoms with van der Waals surface area (Å²) in [7, 11) is 0. The Labute approximate surface area is 118 Å². The van der Waals surface area contributed by atoms with Crippen LogP contribution in [0.25, 0.3) is 0 Å². The molecule has 0 heterocycles. The molecule has 0 aromatic carbocycles. The fourth-order valence-corrected chi connectivity index (χ4v) is 3.27. The molecule has 0 aliphatic heterocycles. The third kappa shape index (κ3) is 5.13. The Balaban J connectivity index is 2.32. The maximum Gasteiger partial charge on any atom is 0.220 e. The molecule has 1 fully saturated rings.